The second-order valence-corrected chi connectivity index (χ2v) is 8.73. The van der Waals surface area contributed by atoms with Gasteiger partial charge in [-0.3, -0.25) is 4.79 Å². The molecule has 0 saturated heterocycles. The van der Waals surface area contributed by atoms with Gasteiger partial charge in [-0.05, 0) is 48.0 Å². The first-order valence-electron chi connectivity index (χ1n) is 9.03. The molecule has 0 amide bonds. The molecular weight excluding hydrogens is 384 g/mol. The molecule has 0 spiro atoms. The van der Waals surface area contributed by atoms with Crippen molar-refractivity contribution in [2.75, 3.05) is 6.26 Å². The summed E-state index contributed by atoms with van der Waals surface area (Å²) in [6.45, 7) is 0. The molecule has 1 aromatic heterocycles. The number of para-hydroxylation sites is 1. The summed E-state index contributed by atoms with van der Waals surface area (Å²) in [7, 11) is -3.31. The molecule has 5 heteroatoms. The number of benzene rings is 3. The summed E-state index contributed by atoms with van der Waals surface area (Å²) in [6.07, 6.45) is 4.76. The van der Waals surface area contributed by atoms with Crippen LogP contribution in [0.25, 0.3) is 34.4 Å². The number of rotatable bonds is 4. The molecule has 0 aliphatic heterocycles. The number of sulfone groups is 1. The Morgan fingerprint density at radius 3 is 2.14 bits per heavy atom. The van der Waals surface area contributed by atoms with Crippen molar-refractivity contribution < 1.29 is 12.8 Å². The summed E-state index contributed by atoms with van der Waals surface area (Å²) in [5.74, 6) is 0.404. The molecule has 0 aliphatic rings. The van der Waals surface area contributed by atoms with E-state index in [0.29, 0.717) is 27.9 Å². The van der Waals surface area contributed by atoms with Gasteiger partial charge in [0.2, 0.25) is 5.43 Å². The summed E-state index contributed by atoms with van der Waals surface area (Å²) >= 11 is 0. The van der Waals surface area contributed by atoms with E-state index >= 15 is 0 Å². The third-order valence-electron chi connectivity index (χ3n) is 4.62. The molecule has 4 aromatic rings. The van der Waals surface area contributed by atoms with Crippen LogP contribution in [0.15, 0.2) is 93.0 Å². The summed E-state index contributed by atoms with van der Waals surface area (Å²) in [5, 5.41) is 0.497. The van der Waals surface area contributed by atoms with Crippen molar-refractivity contribution in [3.8, 4) is 11.3 Å². The topological polar surface area (TPSA) is 64.3 Å². The molecule has 0 atom stereocenters. The zero-order valence-corrected chi connectivity index (χ0v) is 16.5. The van der Waals surface area contributed by atoms with Gasteiger partial charge in [-0.2, -0.15) is 0 Å². The molecule has 0 radical (unpaired) electrons. The minimum Gasteiger partial charge on any atom is -0.455 e. The molecule has 0 fully saturated rings. The second-order valence-electron chi connectivity index (χ2n) is 6.71. The van der Waals surface area contributed by atoms with Gasteiger partial charge in [0, 0.05) is 11.8 Å². The largest absolute Gasteiger partial charge is 0.455 e. The van der Waals surface area contributed by atoms with Crippen LogP contribution in [0.1, 0.15) is 11.1 Å². The lowest BCUT2D eigenvalue weighted by atomic mass is 10.0. The van der Waals surface area contributed by atoms with Crippen molar-refractivity contribution in [1.29, 1.82) is 0 Å². The van der Waals surface area contributed by atoms with Gasteiger partial charge in [0.25, 0.3) is 0 Å². The highest BCUT2D eigenvalue weighted by Crippen LogP contribution is 2.28. The van der Waals surface area contributed by atoms with Gasteiger partial charge in [-0.15, -0.1) is 0 Å². The van der Waals surface area contributed by atoms with Crippen LogP contribution in [-0.2, 0) is 9.84 Å². The molecular formula is C24H18O4S. The Kier molecular flexibility index (Phi) is 4.91. The highest BCUT2D eigenvalue weighted by Gasteiger charge is 2.15. The first kappa shape index (κ1) is 18.9. The van der Waals surface area contributed by atoms with E-state index in [4.69, 9.17) is 4.42 Å². The molecule has 29 heavy (non-hydrogen) atoms. The Hall–Kier alpha value is -3.44. The predicted octanol–water partition coefficient (Wildman–Crippen LogP) is 5.03. The Morgan fingerprint density at radius 2 is 1.45 bits per heavy atom. The lowest BCUT2D eigenvalue weighted by Crippen LogP contribution is -2.07. The van der Waals surface area contributed by atoms with Crippen LogP contribution in [0, 0.1) is 0 Å². The van der Waals surface area contributed by atoms with Crippen molar-refractivity contribution in [3.63, 3.8) is 0 Å². The molecule has 1 heterocycles. The minimum absolute atomic E-state index is 0.138. The zero-order chi connectivity index (χ0) is 20.4. The van der Waals surface area contributed by atoms with Crippen LogP contribution in [0.3, 0.4) is 0 Å². The smallest absolute Gasteiger partial charge is 0.200 e. The first-order chi connectivity index (χ1) is 13.9. The van der Waals surface area contributed by atoms with E-state index in [-0.39, 0.29) is 10.3 Å². The Bertz CT molecular complexity index is 1360. The van der Waals surface area contributed by atoms with Crippen LogP contribution in [0.2, 0.25) is 0 Å². The molecule has 4 rings (SSSR count). The van der Waals surface area contributed by atoms with Gasteiger partial charge >= 0.3 is 0 Å². The summed E-state index contributed by atoms with van der Waals surface area (Å²) < 4.78 is 29.6. The number of fused-ring (bicyclic) bond motifs is 1. The summed E-state index contributed by atoms with van der Waals surface area (Å²) in [6, 6.07) is 23.1. The van der Waals surface area contributed by atoms with E-state index < -0.39 is 9.84 Å². The normalized spacial score (nSPS) is 11.9. The van der Waals surface area contributed by atoms with E-state index in [2.05, 4.69) is 0 Å². The van der Waals surface area contributed by atoms with Gasteiger partial charge in [-0.25, -0.2) is 8.42 Å². The van der Waals surface area contributed by atoms with Crippen LogP contribution >= 0.6 is 0 Å². The number of hydrogen-bond donors (Lipinski definition) is 0. The highest BCUT2D eigenvalue weighted by molar-refractivity contribution is 7.90. The standard InChI is InChI=1S/C24H18O4S/c1-29(26,27)19-14-12-18(13-15-19)24-21(16-11-17-7-3-2-4-8-17)23(25)20-9-5-6-10-22(20)28-24/h2-16H,1H3. The third kappa shape index (κ3) is 3.91. The molecule has 0 aliphatic carbocycles. The lowest BCUT2D eigenvalue weighted by Gasteiger charge is -2.08. The molecule has 0 saturated carbocycles. The van der Waals surface area contributed by atoms with Gasteiger partial charge in [0.1, 0.15) is 11.3 Å². The fraction of sp³-hybridized carbons (Fsp3) is 0.0417. The average molecular weight is 402 g/mol. The van der Waals surface area contributed by atoms with Crippen molar-refractivity contribution in [3.05, 3.63) is 100 Å². The average Bonchev–Trinajstić information content (AvgIpc) is 2.73. The second kappa shape index (κ2) is 7.53. The van der Waals surface area contributed by atoms with E-state index in [9.17, 15) is 13.2 Å². The van der Waals surface area contributed by atoms with Gasteiger partial charge in [0.15, 0.2) is 9.84 Å². The van der Waals surface area contributed by atoms with E-state index in [1.54, 1.807) is 42.5 Å². The quantitative estimate of drug-likeness (QED) is 0.480. The van der Waals surface area contributed by atoms with E-state index in [1.165, 1.54) is 12.1 Å². The van der Waals surface area contributed by atoms with Crippen molar-refractivity contribution >= 4 is 33.0 Å². The Labute approximate surface area is 168 Å². The fourth-order valence-electron chi connectivity index (χ4n) is 3.12. The molecule has 4 nitrogen and oxygen atoms in total. The number of hydrogen-bond acceptors (Lipinski definition) is 4. The lowest BCUT2D eigenvalue weighted by molar-refractivity contribution is 0.601. The van der Waals surface area contributed by atoms with Crippen molar-refractivity contribution in [2.45, 2.75) is 4.90 Å². The summed E-state index contributed by atoms with van der Waals surface area (Å²) in [5.41, 5.74) is 2.35. The molecule has 0 N–H and O–H groups in total. The van der Waals surface area contributed by atoms with E-state index in [0.717, 1.165) is 11.8 Å². The Morgan fingerprint density at radius 1 is 0.793 bits per heavy atom. The van der Waals surface area contributed by atoms with E-state index in [1.807, 2.05) is 36.4 Å². The molecule has 144 valence electrons. The van der Waals surface area contributed by atoms with Crippen LogP contribution in [0.4, 0.5) is 0 Å². The van der Waals surface area contributed by atoms with Crippen LogP contribution in [-0.4, -0.2) is 14.7 Å². The van der Waals surface area contributed by atoms with Gasteiger partial charge in [-0.1, -0.05) is 48.5 Å². The predicted molar refractivity (Wildman–Crippen MR) is 116 cm³/mol. The molecule has 3 aromatic carbocycles. The Balaban J connectivity index is 1.92. The van der Waals surface area contributed by atoms with Crippen LogP contribution in [0.5, 0.6) is 0 Å². The van der Waals surface area contributed by atoms with Crippen LogP contribution < -0.4 is 5.43 Å². The minimum atomic E-state index is -3.31. The SMILES string of the molecule is CS(=O)(=O)c1ccc(-c2oc3ccccc3c(=O)c2C=Cc2ccccc2)cc1. The maximum atomic E-state index is 13.2. The van der Waals surface area contributed by atoms with Crippen molar-refractivity contribution in [2.24, 2.45) is 0 Å². The van der Waals surface area contributed by atoms with Gasteiger partial charge in [0.05, 0.1) is 15.8 Å². The third-order valence-corrected chi connectivity index (χ3v) is 5.75. The molecule has 0 bridgehead atoms. The fourth-order valence-corrected chi connectivity index (χ4v) is 3.75. The molecule has 0 unspecified atom stereocenters. The van der Waals surface area contributed by atoms with Crippen molar-refractivity contribution in [1.82, 2.24) is 0 Å². The zero-order valence-electron chi connectivity index (χ0n) is 15.7. The van der Waals surface area contributed by atoms with Gasteiger partial charge < -0.3 is 4.42 Å². The highest BCUT2D eigenvalue weighted by atomic mass is 32.2. The summed E-state index contributed by atoms with van der Waals surface area (Å²) in [4.78, 5) is 13.4. The monoisotopic (exact) mass is 402 g/mol. The maximum Gasteiger partial charge on any atom is 0.200 e. The maximum absolute atomic E-state index is 13.2. The first-order valence-corrected chi connectivity index (χ1v) is 10.9.